The highest BCUT2D eigenvalue weighted by Crippen LogP contribution is 2.34. The minimum Gasteiger partial charge on any atom is -0.496 e. The van der Waals surface area contributed by atoms with Crippen molar-refractivity contribution in [3.8, 4) is 5.75 Å². The Balaban J connectivity index is 1.30. The van der Waals surface area contributed by atoms with Crippen molar-refractivity contribution in [3.63, 3.8) is 0 Å². The Kier molecular flexibility index (Phi) is 5.62. The first-order chi connectivity index (χ1) is 17.1. The average Bonchev–Trinajstić information content (AvgIpc) is 3.47. The quantitative estimate of drug-likeness (QED) is 0.393. The molecule has 0 bridgehead atoms. The molecule has 2 aromatic carbocycles. The molecule has 0 amide bonds. The largest absolute Gasteiger partial charge is 0.496 e. The lowest BCUT2D eigenvalue weighted by molar-refractivity contribution is 0.409. The maximum Gasteiger partial charge on any atom is 0.262 e. The molecule has 7 nitrogen and oxygen atoms in total. The molecular weight excluding hydrogens is 458 g/mol. The van der Waals surface area contributed by atoms with Gasteiger partial charge in [0, 0.05) is 41.8 Å². The summed E-state index contributed by atoms with van der Waals surface area (Å²) in [4.78, 5) is 20.5. The number of fused-ring (bicyclic) bond motifs is 4. The molecule has 1 unspecified atom stereocenters. The monoisotopic (exact) mass is 485 g/mol. The van der Waals surface area contributed by atoms with Gasteiger partial charge in [0.15, 0.2) is 0 Å². The van der Waals surface area contributed by atoms with Gasteiger partial charge in [-0.05, 0) is 41.7 Å². The van der Waals surface area contributed by atoms with Crippen LogP contribution in [0.15, 0.2) is 59.9 Å². The summed E-state index contributed by atoms with van der Waals surface area (Å²) in [5.41, 5.74) is 3.39. The van der Waals surface area contributed by atoms with Crippen LogP contribution in [0.4, 0.5) is 0 Å². The van der Waals surface area contributed by atoms with Gasteiger partial charge in [0.25, 0.3) is 5.56 Å². The van der Waals surface area contributed by atoms with Crippen LogP contribution in [0.1, 0.15) is 28.0 Å². The van der Waals surface area contributed by atoms with Gasteiger partial charge in [-0.15, -0.1) is 11.3 Å². The van der Waals surface area contributed by atoms with Gasteiger partial charge in [-0.3, -0.25) is 14.0 Å². The molecule has 0 spiro atoms. The Bertz CT molecular complexity index is 1600. The van der Waals surface area contributed by atoms with Crippen LogP contribution < -0.4 is 15.6 Å². The van der Waals surface area contributed by atoms with Crippen molar-refractivity contribution >= 4 is 32.3 Å². The van der Waals surface area contributed by atoms with E-state index in [1.54, 1.807) is 29.3 Å². The van der Waals surface area contributed by atoms with Gasteiger partial charge in [-0.2, -0.15) is 5.10 Å². The van der Waals surface area contributed by atoms with Gasteiger partial charge in [0.05, 0.1) is 31.6 Å². The molecule has 0 aliphatic heterocycles. The minimum absolute atomic E-state index is 0.0317. The summed E-state index contributed by atoms with van der Waals surface area (Å²) in [5.74, 6) is 0.783. The van der Waals surface area contributed by atoms with Crippen molar-refractivity contribution < 1.29 is 4.74 Å². The Morgan fingerprint density at radius 3 is 2.94 bits per heavy atom. The second-order valence-electron chi connectivity index (χ2n) is 9.17. The molecular formula is C27H27N5O2S. The molecule has 3 heterocycles. The summed E-state index contributed by atoms with van der Waals surface area (Å²) in [6.07, 6.45) is 8.44. The molecule has 1 aliphatic carbocycles. The van der Waals surface area contributed by atoms with E-state index in [1.165, 1.54) is 16.0 Å². The zero-order valence-electron chi connectivity index (χ0n) is 19.8. The zero-order valence-corrected chi connectivity index (χ0v) is 20.6. The standard InChI is InChI=1S/C27H27N5O2S/c1-31-14-17(13-30-31)12-28-19-8-9-21-24(11-19)35-26-25(21)27(33)32(16-29-26)15-22-20-6-4-3-5-18(20)7-10-23(22)34-2/h3-7,10,13-14,16,19,28H,8-9,11-12,15H2,1-2H3. The number of aromatic nitrogens is 4. The molecule has 8 heteroatoms. The number of benzene rings is 2. The molecule has 5 aromatic rings. The van der Waals surface area contributed by atoms with Crippen LogP contribution in [-0.4, -0.2) is 32.5 Å². The maximum absolute atomic E-state index is 13.7. The number of aryl methyl sites for hydroxylation is 2. The summed E-state index contributed by atoms with van der Waals surface area (Å²) < 4.78 is 9.21. The fourth-order valence-corrected chi connectivity index (χ4v) is 6.41. The second kappa shape index (κ2) is 8.94. The normalized spacial score (nSPS) is 15.5. The minimum atomic E-state index is 0.0317. The Hall–Kier alpha value is -3.49. The predicted molar refractivity (Wildman–Crippen MR) is 139 cm³/mol. The van der Waals surface area contributed by atoms with Crippen molar-refractivity contribution in [1.29, 1.82) is 0 Å². The van der Waals surface area contributed by atoms with Crippen LogP contribution in [0.25, 0.3) is 21.0 Å². The van der Waals surface area contributed by atoms with Gasteiger partial charge >= 0.3 is 0 Å². The topological polar surface area (TPSA) is 74.0 Å². The van der Waals surface area contributed by atoms with E-state index in [0.717, 1.165) is 58.1 Å². The molecule has 0 saturated heterocycles. The SMILES string of the molecule is COc1ccc2ccccc2c1Cn1cnc2sc3c(c2c1=O)CCC(NCc1cnn(C)c1)C3. The summed E-state index contributed by atoms with van der Waals surface area (Å²) in [6.45, 7) is 1.23. The van der Waals surface area contributed by atoms with E-state index in [0.29, 0.717) is 12.6 Å². The van der Waals surface area contributed by atoms with E-state index in [4.69, 9.17) is 9.72 Å². The van der Waals surface area contributed by atoms with E-state index < -0.39 is 0 Å². The van der Waals surface area contributed by atoms with Crippen LogP contribution in [0.2, 0.25) is 0 Å². The first-order valence-corrected chi connectivity index (χ1v) is 12.7. The third-order valence-electron chi connectivity index (χ3n) is 6.93. The third kappa shape index (κ3) is 4.02. The van der Waals surface area contributed by atoms with Crippen LogP contribution in [0.5, 0.6) is 5.75 Å². The van der Waals surface area contributed by atoms with Crippen LogP contribution in [0, 0.1) is 0 Å². The van der Waals surface area contributed by atoms with Gasteiger partial charge in [-0.1, -0.05) is 30.3 Å². The summed E-state index contributed by atoms with van der Waals surface area (Å²) in [5, 5.41) is 10.9. The van der Waals surface area contributed by atoms with Crippen molar-refractivity contribution in [2.24, 2.45) is 7.05 Å². The molecule has 3 aromatic heterocycles. The van der Waals surface area contributed by atoms with E-state index in [-0.39, 0.29) is 5.56 Å². The highest BCUT2D eigenvalue weighted by Gasteiger charge is 2.25. The van der Waals surface area contributed by atoms with E-state index in [9.17, 15) is 4.79 Å². The van der Waals surface area contributed by atoms with E-state index >= 15 is 0 Å². The molecule has 1 aliphatic rings. The molecule has 1 atom stereocenters. The van der Waals surface area contributed by atoms with Crippen molar-refractivity contribution in [2.45, 2.75) is 38.4 Å². The Morgan fingerprint density at radius 2 is 2.11 bits per heavy atom. The number of methoxy groups -OCH3 is 1. The molecule has 6 rings (SSSR count). The van der Waals surface area contributed by atoms with Crippen molar-refractivity contribution in [3.05, 3.63) is 87.0 Å². The summed E-state index contributed by atoms with van der Waals surface area (Å²) in [7, 11) is 3.61. The van der Waals surface area contributed by atoms with Gasteiger partial charge in [-0.25, -0.2) is 4.98 Å². The lowest BCUT2D eigenvalue weighted by Crippen LogP contribution is -2.33. The highest BCUT2D eigenvalue weighted by molar-refractivity contribution is 7.18. The molecule has 0 radical (unpaired) electrons. The molecule has 0 fully saturated rings. The smallest absolute Gasteiger partial charge is 0.262 e. The number of hydrogen-bond acceptors (Lipinski definition) is 6. The molecule has 0 saturated carbocycles. The first kappa shape index (κ1) is 22.0. The van der Waals surface area contributed by atoms with Crippen molar-refractivity contribution in [2.75, 3.05) is 7.11 Å². The predicted octanol–water partition coefficient (Wildman–Crippen LogP) is 4.05. The van der Waals surface area contributed by atoms with Crippen LogP contribution in [0.3, 0.4) is 0 Å². The van der Waals surface area contributed by atoms with E-state index in [2.05, 4.69) is 28.6 Å². The van der Waals surface area contributed by atoms with E-state index in [1.807, 2.05) is 42.3 Å². The highest BCUT2D eigenvalue weighted by atomic mass is 32.1. The summed E-state index contributed by atoms with van der Waals surface area (Å²) >= 11 is 1.66. The Labute approximate surface area is 207 Å². The van der Waals surface area contributed by atoms with Crippen LogP contribution >= 0.6 is 11.3 Å². The van der Waals surface area contributed by atoms with Crippen molar-refractivity contribution in [1.82, 2.24) is 24.6 Å². The number of nitrogens with one attached hydrogen (secondary N) is 1. The van der Waals surface area contributed by atoms with Gasteiger partial charge in [0.1, 0.15) is 10.6 Å². The second-order valence-corrected chi connectivity index (χ2v) is 10.3. The third-order valence-corrected chi connectivity index (χ3v) is 8.10. The number of nitrogens with zero attached hydrogens (tertiary/aromatic N) is 4. The lowest BCUT2D eigenvalue weighted by Gasteiger charge is -2.23. The van der Waals surface area contributed by atoms with Crippen LogP contribution in [-0.2, 0) is 33.0 Å². The first-order valence-electron chi connectivity index (χ1n) is 11.9. The number of ether oxygens (including phenoxy) is 1. The average molecular weight is 486 g/mol. The molecule has 35 heavy (non-hydrogen) atoms. The fourth-order valence-electron chi connectivity index (χ4n) is 5.15. The maximum atomic E-state index is 13.7. The Morgan fingerprint density at radius 1 is 1.23 bits per heavy atom. The van der Waals surface area contributed by atoms with Gasteiger partial charge < -0.3 is 10.1 Å². The fraction of sp³-hybridized carbons (Fsp3) is 0.296. The summed E-state index contributed by atoms with van der Waals surface area (Å²) in [6, 6.07) is 12.6. The number of rotatable bonds is 6. The lowest BCUT2D eigenvalue weighted by atomic mass is 9.93. The zero-order chi connectivity index (χ0) is 23.9. The number of thiophene rings is 1. The van der Waals surface area contributed by atoms with Gasteiger partial charge in [0.2, 0.25) is 0 Å². The molecule has 178 valence electrons. The molecule has 1 N–H and O–H groups in total. The number of hydrogen-bond donors (Lipinski definition) is 1.